The minimum Gasteiger partial charge on any atom is -0.481 e. The largest absolute Gasteiger partial charge is 0.481 e. The maximum atomic E-state index is 11.3. The number of carboxylic acid groups (broad SMARTS) is 1. The number of nitrogens with zero attached hydrogens (tertiary/aromatic N) is 1. The zero-order chi connectivity index (χ0) is 16.2. The lowest BCUT2D eigenvalue weighted by molar-refractivity contribution is -0.384. The van der Waals surface area contributed by atoms with Crippen molar-refractivity contribution in [2.24, 2.45) is 0 Å². The number of benzene rings is 1. The van der Waals surface area contributed by atoms with Gasteiger partial charge >= 0.3 is 5.97 Å². The Balaban J connectivity index is 3.04. The van der Waals surface area contributed by atoms with Crippen molar-refractivity contribution < 1.29 is 19.6 Å². The summed E-state index contributed by atoms with van der Waals surface area (Å²) >= 11 is 0. The first kappa shape index (κ1) is 16.6. The van der Waals surface area contributed by atoms with Crippen LogP contribution in [0.1, 0.15) is 44.0 Å². The fourth-order valence-corrected chi connectivity index (χ4v) is 1.85. The average Bonchev–Trinajstić information content (AvgIpc) is 2.36. The van der Waals surface area contributed by atoms with Crippen molar-refractivity contribution in [2.45, 2.75) is 39.2 Å². The van der Waals surface area contributed by atoms with Gasteiger partial charge < -0.3 is 10.4 Å². The van der Waals surface area contributed by atoms with Crippen LogP contribution in [0.5, 0.6) is 0 Å². The predicted octanol–water partition coefficient (Wildman–Crippen LogP) is 2.85. The van der Waals surface area contributed by atoms with Crippen molar-refractivity contribution in [3.63, 3.8) is 0 Å². The van der Waals surface area contributed by atoms with E-state index in [9.17, 15) is 19.7 Å². The second-order valence-electron chi connectivity index (χ2n) is 5.45. The molecule has 0 bridgehead atoms. The Hall–Kier alpha value is -2.44. The Morgan fingerprint density at radius 3 is 2.48 bits per heavy atom. The summed E-state index contributed by atoms with van der Waals surface area (Å²) in [5.41, 5.74) is -0.303. The minimum atomic E-state index is -0.925. The molecule has 7 nitrogen and oxygen atoms in total. The van der Waals surface area contributed by atoms with Crippen molar-refractivity contribution >= 4 is 23.1 Å². The van der Waals surface area contributed by atoms with Gasteiger partial charge in [-0.2, -0.15) is 0 Å². The molecule has 0 heterocycles. The third-order valence-electron chi connectivity index (χ3n) is 3.04. The molecule has 0 unspecified atom stereocenters. The summed E-state index contributed by atoms with van der Waals surface area (Å²) in [6, 6.07) is 4.19. The maximum absolute atomic E-state index is 11.3. The molecule has 0 aromatic heterocycles. The molecular weight excluding hydrogens is 276 g/mol. The fraction of sp³-hybridized carbons (Fsp3) is 0.429. The van der Waals surface area contributed by atoms with Crippen LogP contribution in [0.15, 0.2) is 18.2 Å². The third kappa shape index (κ3) is 4.87. The van der Waals surface area contributed by atoms with E-state index < -0.39 is 16.4 Å². The molecular formula is C14H18N2O5. The summed E-state index contributed by atoms with van der Waals surface area (Å²) in [7, 11) is 0. The van der Waals surface area contributed by atoms with Gasteiger partial charge in [-0.15, -0.1) is 0 Å². The number of carbonyl (C=O) groups excluding carboxylic acids is 1. The van der Waals surface area contributed by atoms with Crippen LogP contribution in [0.3, 0.4) is 0 Å². The summed E-state index contributed by atoms with van der Waals surface area (Å²) in [4.78, 5) is 32.4. The first-order valence-electron chi connectivity index (χ1n) is 6.42. The molecule has 0 saturated carbocycles. The van der Waals surface area contributed by atoms with E-state index in [1.807, 2.05) is 0 Å². The highest BCUT2D eigenvalue weighted by molar-refractivity contribution is 5.95. The summed E-state index contributed by atoms with van der Waals surface area (Å²) in [5.74, 6) is -1.18. The molecule has 0 radical (unpaired) electrons. The SMILES string of the molecule is CC(=O)c1ccc(NC(C)(C)CCC(=O)O)c([N+](=O)[O-])c1. The third-order valence-corrected chi connectivity index (χ3v) is 3.04. The molecule has 0 atom stereocenters. The van der Waals surface area contributed by atoms with Crippen LogP contribution in [0.4, 0.5) is 11.4 Å². The number of anilines is 1. The average molecular weight is 294 g/mol. The summed E-state index contributed by atoms with van der Waals surface area (Å²) in [6.45, 7) is 4.86. The van der Waals surface area contributed by atoms with E-state index in [1.165, 1.54) is 25.1 Å². The lowest BCUT2D eigenvalue weighted by Gasteiger charge is -2.26. The molecule has 1 rings (SSSR count). The number of aliphatic carboxylic acids is 1. The van der Waals surface area contributed by atoms with Gasteiger partial charge in [0.05, 0.1) is 4.92 Å². The summed E-state index contributed by atoms with van der Waals surface area (Å²) in [6.07, 6.45) is 0.271. The predicted molar refractivity (Wildman–Crippen MR) is 77.7 cm³/mol. The topological polar surface area (TPSA) is 110 Å². The van der Waals surface area contributed by atoms with Gasteiger partial charge in [0.2, 0.25) is 0 Å². The molecule has 0 amide bonds. The zero-order valence-electron chi connectivity index (χ0n) is 12.2. The fourth-order valence-electron chi connectivity index (χ4n) is 1.85. The molecule has 0 aliphatic carbocycles. The molecule has 1 aromatic rings. The van der Waals surface area contributed by atoms with E-state index in [0.717, 1.165) is 0 Å². The van der Waals surface area contributed by atoms with Crippen LogP contribution in [0.25, 0.3) is 0 Å². The van der Waals surface area contributed by atoms with E-state index in [1.54, 1.807) is 13.8 Å². The molecule has 21 heavy (non-hydrogen) atoms. The second kappa shape index (κ2) is 6.34. The van der Waals surface area contributed by atoms with Gasteiger partial charge in [-0.3, -0.25) is 19.7 Å². The van der Waals surface area contributed by atoms with Crippen molar-refractivity contribution in [1.82, 2.24) is 0 Å². The highest BCUT2D eigenvalue weighted by atomic mass is 16.6. The second-order valence-corrected chi connectivity index (χ2v) is 5.45. The number of hydrogen-bond acceptors (Lipinski definition) is 5. The Kier molecular flexibility index (Phi) is 5.02. The van der Waals surface area contributed by atoms with Gasteiger partial charge in [-0.25, -0.2) is 0 Å². The van der Waals surface area contributed by atoms with E-state index in [2.05, 4.69) is 5.32 Å². The van der Waals surface area contributed by atoms with Gasteiger partial charge in [-0.1, -0.05) is 0 Å². The number of hydrogen-bond donors (Lipinski definition) is 2. The van der Waals surface area contributed by atoms with Crippen LogP contribution >= 0.6 is 0 Å². The molecule has 0 saturated heterocycles. The molecule has 7 heteroatoms. The lowest BCUT2D eigenvalue weighted by Crippen LogP contribution is -2.31. The van der Waals surface area contributed by atoms with Gasteiger partial charge in [-0.05, 0) is 39.3 Å². The van der Waals surface area contributed by atoms with E-state index in [-0.39, 0.29) is 29.1 Å². The number of carbonyl (C=O) groups is 2. The van der Waals surface area contributed by atoms with Gasteiger partial charge in [0.1, 0.15) is 5.69 Å². The maximum Gasteiger partial charge on any atom is 0.303 e. The molecule has 0 spiro atoms. The minimum absolute atomic E-state index is 0.0423. The number of carboxylic acids is 1. The number of nitrogens with one attached hydrogen (secondary N) is 1. The standard InChI is InChI=1S/C14H18N2O5/c1-9(17)10-4-5-11(12(8-10)16(20)21)15-14(2,3)7-6-13(18)19/h4-5,8,15H,6-7H2,1-3H3,(H,18,19). The molecule has 2 N–H and O–H groups in total. The van der Waals surface area contributed by atoms with Crippen LogP contribution < -0.4 is 5.32 Å². The number of rotatable bonds is 7. The number of nitro groups is 1. The van der Waals surface area contributed by atoms with Gasteiger partial charge in [0.25, 0.3) is 5.69 Å². The van der Waals surface area contributed by atoms with Crippen LogP contribution in [0.2, 0.25) is 0 Å². The highest BCUT2D eigenvalue weighted by Crippen LogP contribution is 2.29. The van der Waals surface area contributed by atoms with Gasteiger partial charge in [0, 0.05) is 23.6 Å². The van der Waals surface area contributed by atoms with Crippen LogP contribution in [-0.2, 0) is 4.79 Å². The molecule has 0 aliphatic rings. The zero-order valence-corrected chi connectivity index (χ0v) is 12.2. The molecule has 1 aromatic carbocycles. The Morgan fingerprint density at radius 2 is 2.00 bits per heavy atom. The van der Waals surface area contributed by atoms with Crippen LogP contribution in [0, 0.1) is 10.1 Å². The Morgan fingerprint density at radius 1 is 1.38 bits per heavy atom. The highest BCUT2D eigenvalue weighted by Gasteiger charge is 2.24. The van der Waals surface area contributed by atoms with E-state index in [4.69, 9.17) is 5.11 Å². The Labute approximate surface area is 122 Å². The first-order valence-corrected chi connectivity index (χ1v) is 6.42. The monoisotopic (exact) mass is 294 g/mol. The van der Waals surface area contributed by atoms with E-state index in [0.29, 0.717) is 6.42 Å². The van der Waals surface area contributed by atoms with Crippen molar-refractivity contribution in [3.8, 4) is 0 Å². The van der Waals surface area contributed by atoms with Crippen molar-refractivity contribution in [3.05, 3.63) is 33.9 Å². The number of Topliss-reactive ketones (excluding diaryl/α,β-unsaturated/α-hetero) is 1. The van der Waals surface area contributed by atoms with E-state index >= 15 is 0 Å². The van der Waals surface area contributed by atoms with Crippen LogP contribution in [-0.4, -0.2) is 27.3 Å². The molecule has 0 aliphatic heterocycles. The summed E-state index contributed by atoms with van der Waals surface area (Å²) < 4.78 is 0. The quantitative estimate of drug-likeness (QED) is 0.454. The lowest BCUT2D eigenvalue weighted by atomic mass is 9.97. The number of ketones is 1. The summed E-state index contributed by atoms with van der Waals surface area (Å²) in [5, 5.41) is 22.8. The smallest absolute Gasteiger partial charge is 0.303 e. The number of nitro benzene ring substituents is 1. The van der Waals surface area contributed by atoms with Crippen molar-refractivity contribution in [2.75, 3.05) is 5.32 Å². The first-order chi connectivity index (χ1) is 9.62. The normalized spacial score (nSPS) is 11.0. The molecule has 0 fully saturated rings. The van der Waals surface area contributed by atoms with Gasteiger partial charge in [0.15, 0.2) is 5.78 Å². The Bertz CT molecular complexity index is 581. The van der Waals surface area contributed by atoms with Crippen molar-refractivity contribution in [1.29, 1.82) is 0 Å². The molecule has 114 valence electrons.